The second-order valence-electron chi connectivity index (χ2n) is 9.19. The van der Waals surface area contributed by atoms with Crippen molar-refractivity contribution in [3.8, 4) is 11.3 Å². The van der Waals surface area contributed by atoms with Crippen molar-refractivity contribution >= 4 is 40.6 Å². The molecule has 0 atom stereocenters. The fraction of sp³-hybridized carbons (Fsp3) is 0.522. The number of hydroxylamine groups is 1. The molecule has 36 heavy (non-hydrogen) atoms. The predicted octanol–water partition coefficient (Wildman–Crippen LogP) is 3.85. The van der Waals surface area contributed by atoms with Crippen molar-refractivity contribution in [1.29, 1.82) is 0 Å². The van der Waals surface area contributed by atoms with E-state index in [2.05, 4.69) is 14.9 Å². The van der Waals surface area contributed by atoms with Gasteiger partial charge in [0.05, 0.1) is 22.5 Å². The van der Waals surface area contributed by atoms with Crippen molar-refractivity contribution in [3.05, 3.63) is 42.4 Å². The van der Waals surface area contributed by atoms with E-state index in [1.807, 2.05) is 0 Å². The Labute approximate surface area is 221 Å². The lowest BCUT2D eigenvalue weighted by atomic mass is 9.94. The summed E-state index contributed by atoms with van der Waals surface area (Å²) in [6, 6.07) is 6.43. The third-order valence-corrected chi connectivity index (χ3v) is 9.20. The Morgan fingerprint density at radius 1 is 1.14 bits per heavy atom. The highest BCUT2D eigenvalue weighted by Gasteiger charge is 2.53. The van der Waals surface area contributed by atoms with Crippen molar-refractivity contribution in [2.45, 2.75) is 67.1 Å². The first-order valence-electron chi connectivity index (χ1n) is 11.3. The van der Waals surface area contributed by atoms with E-state index in [1.54, 1.807) is 17.6 Å². The number of halogens is 4. The number of hydrogen-bond acceptors (Lipinski definition) is 7. The van der Waals surface area contributed by atoms with Crippen LogP contribution in [-0.4, -0.2) is 64.2 Å². The minimum atomic E-state index is -4.10. The Morgan fingerprint density at radius 2 is 1.75 bits per heavy atom. The summed E-state index contributed by atoms with van der Waals surface area (Å²) in [4.78, 5) is 23.2. The molecule has 1 saturated heterocycles. The molecule has 1 amide bonds. The summed E-state index contributed by atoms with van der Waals surface area (Å²) < 4.78 is 51.5. The number of carbonyl (C=O) groups excluding carboxylic acids is 1. The summed E-state index contributed by atoms with van der Waals surface area (Å²) in [6.45, 7) is 1.80. The molecule has 2 fully saturated rings. The van der Waals surface area contributed by atoms with Crippen LogP contribution in [0.2, 0.25) is 0 Å². The van der Waals surface area contributed by atoms with Gasteiger partial charge in [-0.15, -0.1) is 24.8 Å². The summed E-state index contributed by atoms with van der Waals surface area (Å²) >= 11 is 0. The molecular formula is C23H30Cl2F2N4O4S. The van der Waals surface area contributed by atoms with Crippen molar-refractivity contribution in [3.63, 3.8) is 0 Å². The average molecular weight is 567 g/mol. The van der Waals surface area contributed by atoms with Crippen LogP contribution in [0.5, 0.6) is 0 Å². The molecule has 4 rings (SSSR count). The molecule has 0 bridgehead atoms. The largest absolute Gasteiger partial charge is 0.300 e. The zero-order valence-electron chi connectivity index (χ0n) is 19.7. The number of aryl methyl sites for hydroxylation is 1. The number of nitrogens with one attached hydrogen (secondary N) is 1. The summed E-state index contributed by atoms with van der Waals surface area (Å²) in [5, 5.41) is 9.31. The van der Waals surface area contributed by atoms with Gasteiger partial charge in [0.25, 0.3) is 5.91 Å². The minimum Gasteiger partial charge on any atom is -0.300 e. The summed E-state index contributed by atoms with van der Waals surface area (Å²) in [7, 11) is -4.10. The number of benzene rings is 1. The number of amides is 1. The Balaban J connectivity index is 0.00000228. The van der Waals surface area contributed by atoms with E-state index >= 15 is 0 Å². The normalized spacial score (nSPS) is 18.0. The van der Waals surface area contributed by atoms with E-state index in [9.17, 15) is 27.2 Å². The Bertz CT molecular complexity index is 1130. The van der Waals surface area contributed by atoms with E-state index < -0.39 is 26.4 Å². The van der Waals surface area contributed by atoms with Crippen molar-refractivity contribution in [1.82, 2.24) is 20.3 Å². The number of sulfone groups is 1. The van der Waals surface area contributed by atoms with Crippen LogP contribution in [-0.2, 0) is 21.1 Å². The number of hydrogen-bond donors (Lipinski definition) is 2. The monoisotopic (exact) mass is 566 g/mol. The molecule has 8 nitrogen and oxygen atoms in total. The van der Waals surface area contributed by atoms with Crippen LogP contribution >= 0.6 is 24.8 Å². The molecule has 1 aliphatic heterocycles. The van der Waals surface area contributed by atoms with Gasteiger partial charge in [-0.1, -0.05) is 12.1 Å². The van der Waals surface area contributed by atoms with Gasteiger partial charge in [-0.25, -0.2) is 22.7 Å². The minimum absolute atomic E-state index is 0. The van der Waals surface area contributed by atoms with E-state index in [-0.39, 0.29) is 55.4 Å². The van der Waals surface area contributed by atoms with Gasteiger partial charge in [-0.2, -0.15) is 0 Å². The Morgan fingerprint density at radius 3 is 2.22 bits per heavy atom. The van der Waals surface area contributed by atoms with Crippen LogP contribution < -0.4 is 5.48 Å². The molecule has 2 heterocycles. The van der Waals surface area contributed by atoms with Gasteiger partial charge < -0.3 is 4.90 Å². The van der Waals surface area contributed by atoms with Crippen molar-refractivity contribution in [2.24, 2.45) is 0 Å². The molecule has 2 N–H and O–H groups in total. The molecule has 1 aromatic heterocycles. The molecule has 0 radical (unpaired) electrons. The first-order valence-corrected chi connectivity index (χ1v) is 12.8. The van der Waals surface area contributed by atoms with Gasteiger partial charge in [0.1, 0.15) is 0 Å². The lowest BCUT2D eigenvalue weighted by Crippen LogP contribution is -2.58. The highest BCUT2D eigenvalue weighted by atomic mass is 35.5. The number of nitrogens with zero attached hydrogens (tertiary/aromatic N) is 3. The van der Waals surface area contributed by atoms with Gasteiger partial charge in [-0.3, -0.25) is 20.0 Å². The topological polar surface area (TPSA) is 112 Å². The molecule has 200 valence electrons. The van der Waals surface area contributed by atoms with Crippen LogP contribution in [0.25, 0.3) is 11.3 Å². The molecule has 1 aromatic carbocycles. The first-order chi connectivity index (χ1) is 16.1. The fourth-order valence-corrected chi connectivity index (χ4v) is 6.38. The van der Waals surface area contributed by atoms with Crippen molar-refractivity contribution in [2.75, 3.05) is 13.1 Å². The molecule has 13 heteroatoms. The summed E-state index contributed by atoms with van der Waals surface area (Å²) in [6.07, 6.45) is 5.04. The molecule has 0 unspecified atom stereocenters. The van der Waals surface area contributed by atoms with E-state index in [0.717, 1.165) is 19.8 Å². The smallest absolute Gasteiger partial charge is 0.265 e. The van der Waals surface area contributed by atoms with Gasteiger partial charge in [0.15, 0.2) is 14.6 Å². The number of aromatic nitrogens is 2. The number of carbonyl (C=O) groups is 1. The Kier molecular flexibility index (Phi) is 9.80. The third-order valence-electron chi connectivity index (χ3n) is 6.68. The molecule has 0 spiro atoms. The van der Waals surface area contributed by atoms with Gasteiger partial charge >= 0.3 is 0 Å². The first kappa shape index (κ1) is 30.3. The highest BCUT2D eigenvalue weighted by Crippen LogP contribution is 2.39. The van der Waals surface area contributed by atoms with Crippen LogP contribution in [0.15, 0.2) is 41.6 Å². The predicted molar refractivity (Wildman–Crippen MR) is 135 cm³/mol. The summed E-state index contributed by atoms with van der Waals surface area (Å²) in [5.41, 5.74) is 3.08. The van der Waals surface area contributed by atoms with Gasteiger partial charge in [0, 0.05) is 37.3 Å². The zero-order chi connectivity index (χ0) is 24.6. The van der Waals surface area contributed by atoms with Gasteiger partial charge in [0.2, 0.25) is 5.92 Å². The lowest BCUT2D eigenvalue weighted by molar-refractivity contribution is -0.133. The van der Waals surface area contributed by atoms with Crippen molar-refractivity contribution < 1.29 is 27.2 Å². The number of alkyl halides is 2. The molecule has 1 aliphatic carbocycles. The van der Waals surface area contributed by atoms with E-state index in [1.165, 1.54) is 24.5 Å². The molecule has 1 saturated carbocycles. The highest BCUT2D eigenvalue weighted by molar-refractivity contribution is 7.93. The maximum absolute atomic E-state index is 13.6. The van der Waals surface area contributed by atoms with E-state index in [0.29, 0.717) is 36.1 Å². The maximum Gasteiger partial charge on any atom is 0.265 e. The van der Waals surface area contributed by atoms with E-state index in [4.69, 9.17) is 0 Å². The molecule has 2 aliphatic rings. The van der Waals surface area contributed by atoms with Crippen LogP contribution in [0.3, 0.4) is 0 Å². The van der Waals surface area contributed by atoms with Crippen LogP contribution in [0.4, 0.5) is 8.78 Å². The van der Waals surface area contributed by atoms with Crippen LogP contribution in [0, 0.1) is 0 Å². The number of rotatable bonds is 8. The molecule has 2 aromatic rings. The quantitative estimate of drug-likeness (QED) is 0.368. The summed E-state index contributed by atoms with van der Waals surface area (Å²) in [5.74, 6) is -3.69. The second kappa shape index (κ2) is 11.6. The van der Waals surface area contributed by atoms with Gasteiger partial charge in [-0.05, 0) is 51.2 Å². The maximum atomic E-state index is 13.6. The zero-order valence-corrected chi connectivity index (χ0v) is 22.1. The lowest BCUT2D eigenvalue weighted by Gasteiger charge is -2.39. The third kappa shape index (κ3) is 6.31. The van der Waals surface area contributed by atoms with Crippen LogP contribution in [0.1, 0.15) is 44.7 Å². The standard InChI is InChI=1S/C23H28F2N4O4S.2ClH/c1-22(24,25)9-8-17-14-27-20(15-26-17)16-2-6-19(7-3-16)34(32,33)23(21(30)28-31)10-12-29(13-11-23)18-4-5-18;;/h2-3,6-7,14-15,18,31H,4-5,8-13H2,1H3,(H,28,30);2*1H. The molecular weight excluding hydrogens is 537 g/mol. The SMILES string of the molecule is CC(F)(F)CCc1cnc(-c2ccc(S(=O)(=O)C3(C(=O)NO)CCN(C4CC4)CC3)cc2)cn1.Cl.Cl. The second-order valence-corrected chi connectivity index (χ2v) is 11.5. The number of piperidine rings is 1. The Hall–Kier alpha value is -1.92. The number of likely N-dealkylation sites (tertiary alicyclic amines) is 1. The fourth-order valence-electron chi connectivity index (χ4n) is 4.42. The average Bonchev–Trinajstić information content (AvgIpc) is 3.68.